The van der Waals surface area contributed by atoms with Gasteiger partial charge in [0.25, 0.3) is 0 Å². The second-order valence-electron chi connectivity index (χ2n) is 15.7. The molecule has 0 radical (unpaired) electrons. The van der Waals surface area contributed by atoms with Crippen molar-refractivity contribution < 1.29 is 4.42 Å². The molecule has 0 fully saturated rings. The van der Waals surface area contributed by atoms with Crippen molar-refractivity contribution in [2.75, 3.05) is 4.90 Å². The second kappa shape index (κ2) is 12.2. The van der Waals surface area contributed by atoms with Crippen molar-refractivity contribution in [3.63, 3.8) is 0 Å². The van der Waals surface area contributed by atoms with Crippen LogP contribution >= 0.6 is 0 Å². The Bertz CT molecular complexity index is 2920. The van der Waals surface area contributed by atoms with Crippen LogP contribution in [0.2, 0.25) is 0 Å². The molecule has 3 aliphatic carbocycles. The van der Waals surface area contributed by atoms with E-state index in [9.17, 15) is 0 Å². The van der Waals surface area contributed by atoms with E-state index in [0.29, 0.717) is 0 Å². The fourth-order valence-electron chi connectivity index (χ4n) is 9.47. The molecule has 1 aromatic heterocycles. The molecular weight excluding hydrogens is 667 g/mol. The molecule has 0 spiro atoms. The summed E-state index contributed by atoms with van der Waals surface area (Å²) in [4.78, 5) is 2.48. The van der Waals surface area contributed by atoms with Crippen molar-refractivity contribution in [3.8, 4) is 33.4 Å². The number of nitrogens with zero attached hydrogens (tertiary/aromatic N) is 1. The smallest absolute Gasteiger partial charge is 0.135 e. The zero-order valence-corrected chi connectivity index (χ0v) is 30.9. The van der Waals surface area contributed by atoms with Crippen LogP contribution in [-0.4, -0.2) is 0 Å². The average Bonchev–Trinajstić information content (AvgIpc) is 3.72. The molecule has 2 unspecified atom stereocenters. The van der Waals surface area contributed by atoms with Gasteiger partial charge in [0.05, 0.1) is 0 Å². The maximum atomic E-state index is 6.18. The fourth-order valence-corrected chi connectivity index (χ4v) is 9.47. The van der Waals surface area contributed by atoms with Gasteiger partial charge in [0, 0.05) is 45.1 Å². The molecule has 0 N–H and O–H groups in total. The van der Waals surface area contributed by atoms with Crippen LogP contribution in [0.3, 0.4) is 0 Å². The summed E-state index contributed by atoms with van der Waals surface area (Å²) >= 11 is 0. The first kappa shape index (κ1) is 31.8. The summed E-state index contributed by atoms with van der Waals surface area (Å²) in [7, 11) is 0. The molecule has 3 aliphatic rings. The van der Waals surface area contributed by atoms with E-state index in [2.05, 4.69) is 195 Å². The van der Waals surface area contributed by atoms with Crippen molar-refractivity contribution in [1.29, 1.82) is 0 Å². The Morgan fingerprint density at radius 1 is 0.491 bits per heavy atom. The Morgan fingerprint density at radius 2 is 1.18 bits per heavy atom. The molecule has 0 aliphatic heterocycles. The SMILES string of the molecule is CC1(C)c2ccccc2-c2ccc(-c3ccc(N(C4=Cc5ccccc5C5C=CC=CC45)c4cccc(-c5ccc6oc7ccccc7c6c5)c4)cc3)cc21. The summed E-state index contributed by atoms with van der Waals surface area (Å²) in [5, 5.41) is 2.28. The molecular formula is C53H39NO. The number of benzene rings is 7. The third-order valence-corrected chi connectivity index (χ3v) is 12.2. The number of fused-ring (bicyclic) bond motifs is 9. The Morgan fingerprint density at radius 3 is 2.09 bits per heavy atom. The highest BCUT2D eigenvalue weighted by molar-refractivity contribution is 6.06. The first-order valence-electron chi connectivity index (χ1n) is 19.3. The molecule has 1 heterocycles. The summed E-state index contributed by atoms with van der Waals surface area (Å²) in [6, 6.07) is 57.8. The van der Waals surface area contributed by atoms with Crippen LogP contribution in [-0.2, 0) is 5.41 Å². The quantitative estimate of drug-likeness (QED) is 0.177. The van der Waals surface area contributed by atoms with Gasteiger partial charge in [0.2, 0.25) is 0 Å². The summed E-state index contributed by atoms with van der Waals surface area (Å²) in [6.07, 6.45) is 11.6. The summed E-state index contributed by atoms with van der Waals surface area (Å²) < 4.78 is 6.18. The van der Waals surface area contributed by atoms with Crippen LogP contribution in [0.4, 0.5) is 11.4 Å². The molecule has 2 heteroatoms. The predicted molar refractivity (Wildman–Crippen MR) is 230 cm³/mol. The van der Waals surface area contributed by atoms with E-state index in [-0.39, 0.29) is 17.3 Å². The number of furan rings is 1. The lowest BCUT2D eigenvalue weighted by atomic mass is 9.74. The van der Waals surface area contributed by atoms with E-state index < -0.39 is 0 Å². The Labute approximate surface area is 322 Å². The number of hydrogen-bond donors (Lipinski definition) is 0. The van der Waals surface area contributed by atoms with Gasteiger partial charge in [-0.3, -0.25) is 0 Å². The highest BCUT2D eigenvalue weighted by atomic mass is 16.3. The monoisotopic (exact) mass is 705 g/mol. The highest BCUT2D eigenvalue weighted by Crippen LogP contribution is 2.50. The number of allylic oxidation sites excluding steroid dienone is 4. The lowest BCUT2D eigenvalue weighted by molar-refractivity contribution is 0.643. The van der Waals surface area contributed by atoms with Gasteiger partial charge in [0.15, 0.2) is 0 Å². The van der Waals surface area contributed by atoms with Gasteiger partial charge < -0.3 is 9.32 Å². The van der Waals surface area contributed by atoms with Crippen molar-refractivity contribution in [3.05, 3.63) is 210 Å². The molecule has 8 aromatic rings. The normalized spacial score (nSPS) is 17.4. The average molecular weight is 706 g/mol. The van der Waals surface area contributed by atoms with Crippen LogP contribution in [0.5, 0.6) is 0 Å². The van der Waals surface area contributed by atoms with Crippen LogP contribution in [0.15, 0.2) is 192 Å². The zero-order valence-electron chi connectivity index (χ0n) is 30.9. The van der Waals surface area contributed by atoms with Crippen molar-refractivity contribution in [2.24, 2.45) is 5.92 Å². The van der Waals surface area contributed by atoms with Gasteiger partial charge in [-0.05, 0) is 110 Å². The van der Waals surface area contributed by atoms with E-state index >= 15 is 0 Å². The second-order valence-corrected chi connectivity index (χ2v) is 15.7. The molecule has 0 saturated carbocycles. The minimum atomic E-state index is -0.0405. The van der Waals surface area contributed by atoms with Gasteiger partial charge in [-0.2, -0.15) is 0 Å². The number of para-hydroxylation sites is 1. The predicted octanol–water partition coefficient (Wildman–Crippen LogP) is 14.2. The molecule has 0 saturated heterocycles. The van der Waals surface area contributed by atoms with Gasteiger partial charge in [0.1, 0.15) is 11.2 Å². The minimum absolute atomic E-state index is 0.0405. The molecule has 2 atom stereocenters. The maximum Gasteiger partial charge on any atom is 0.135 e. The van der Waals surface area contributed by atoms with Crippen LogP contribution in [0, 0.1) is 5.92 Å². The molecule has 11 rings (SSSR count). The Hall–Kier alpha value is -6.64. The van der Waals surface area contributed by atoms with E-state index in [4.69, 9.17) is 4.42 Å². The molecule has 0 amide bonds. The van der Waals surface area contributed by atoms with Crippen molar-refractivity contribution >= 4 is 39.4 Å². The van der Waals surface area contributed by atoms with Gasteiger partial charge >= 0.3 is 0 Å². The van der Waals surface area contributed by atoms with Crippen LogP contribution in [0.25, 0.3) is 61.4 Å². The Balaban J connectivity index is 1.03. The van der Waals surface area contributed by atoms with Gasteiger partial charge in [-0.25, -0.2) is 0 Å². The molecule has 55 heavy (non-hydrogen) atoms. The minimum Gasteiger partial charge on any atom is -0.456 e. The van der Waals surface area contributed by atoms with E-state index in [1.54, 1.807) is 0 Å². The largest absolute Gasteiger partial charge is 0.456 e. The molecule has 262 valence electrons. The highest BCUT2D eigenvalue weighted by Gasteiger charge is 2.36. The number of anilines is 2. The fraction of sp³-hybridized carbons (Fsp3) is 0.0943. The van der Waals surface area contributed by atoms with E-state index in [1.807, 2.05) is 12.1 Å². The van der Waals surface area contributed by atoms with E-state index in [1.165, 1.54) is 61.3 Å². The first-order valence-corrected chi connectivity index (χ1v) is 19.3. The van der Waals surface area contributed by atoms with Crippen molar-refractivity contribution in [2.45, 2.75) is 25.2 Å². The number of rotatable bonds is 5. The third kappa shape index (κ3) is 5.02. The topological polar surface area (TPSA) is 16.4 Å². The summed E-state index contributed by atoms with van der Waals surface area (Å²) in [5.41, 5.74) is 18.3. The van der Waals surface area contributed by atoms with Gasteiger partial charge in [-0.1, -0.05) is 147 Å². The van der Waals surface area contributed by atoms with E-state index in [0.717, 1.165) is 33.3 Å². The van der Waals surface area contributed by atoms with Gasteiger partial charge in [-0.15, -0.1) is 0 Å². The number of hydrogen-bond acceptors (Lipinski definition) is 2. The lowest BCUT2D eigenvalue weighted by Crippen LogP contribution is -2.28. The van der Waals surface area contributed by atoms with Crippen LogP contribution < -0.4 is 4.90 Å². The first-order chi connectivity index (χ1) is 27.0. The molecule has 0 bridgehead atoms. The summed E-state index contributed by atoms with van der Waals surface area (Å²) in [6.45, 7) is 4.70. The van der Waals surface area contributed by atoms with Crippen LogP contribution in [0.1, 0.15) is 42.0 Å². The maximum absolute atomic E-state index is 6.18. The molecule has 7 aromatic carbocycles. The third-order valence-electron chi connectivity index (χ3n) is 12.2. The lowest BCUT2D eigenvalue weighted by Gasteiger charge is -2.39. The summed E-state index contributed by atoms with van der Waals surface area (Å²) in [5.74, 6) is 0.458. The van der Waals surface area contributed by atoms with Crippen molar-refractivity contribution in [1.82, 2.24) is 0 Å². The molecule has 2 nitrogen and oxygen atoms in total. The standard InChI is InChI=1S/C53H39NO/c1-53(2)48-20-9-7-17-43(48)44-28-24-37(32-49(44)53)34-22-26-39(27-23-34)54(50-33-38-12-3-4-15-41(38)42-16-5-6-18-45(42)50)40-14-11-13-35(30-40)36-25-29-52-47(31-36)46-19-8-10-21-51(46)55-52/h3-33,42,45H,1-2H3. The Kier molecular flexibility index (Phi) is 7.06. The zero-order chi connectivity index (χ0) is 36.7.